The summed E-state index contributed by atoms with van der Waals surface area (Å²) in [6.45, 7) is 1.13. The lowest BCUT2D eigenvalue weighted by Crippen LogP contribution is -2.12. The third kappa shape index (κ3) is 1.78. The quantitative estimate of drug-likeness (QED) is 0.882. The van der Waals surface area contributed by atoms with Crippen molar-refractivity contribution in [1.82, 2.24) is 4.98 Å². The minimum Gasteiger partial charge on any atom is -0.374 e. The summed E-state index contributed by atoms with van der Waals surface area (Å²) in [5.41, 5.74) is 4.09. The summed E-state index contributed by atoms with van der Waals surface area (Å²) in [4.78, 5) is 7.86. The minimum atomic E-state index is 0.970. The molecule has 0 aliphatic carbocycles. The van der Waals surface area contributed by atoms with Crippen molar-refractivity contribution < 1.29 is 0 Å². The summed E-state index contributed by atoms with van der Waals surface area (Å²) in [6, 6.07) is 6.70. The number of rotatable bonds is 2. The van der Waals surface area contributed by atoms with Gasteiger partial charge in [-0.15, -0.1) is 0 Å². The van der Waals surface area contributed by atoms with Gasteiger partial charge in [-0.2, -0.15) is 0 Å². The maximum atomic E-state index is 4.32. The highest BCUT2D eigenvalue weighted by Gasteiger charge is 2.16. The predicted octanol–water partition coefficient (Wildman–Crippen LogP) is 2.84. The lowest BCUT2D eigenvalue weighted by Gasteiger charge is -2.11. The van der Waals surface area contributed by atoms with Crippen LogP contribution < -0.4 is 10.2 Å². The third-order valence-corrected chi connectivity index (χ3v) is 4.28. The van der Waals surface area contributed by atoms with E-state index in [0.717, 1.165) is 18.1 Å². The zero-order valence-corrected chi connectivity index (χ0v) is 10.8. The highest BCUT2D eigenvalue weighted by molar-refractivity contribution is 7.18. The van der Waals surface area contributed by atoms with Gasteiger partial charge >= 0.3 is 0 Å². The standard InChI is InChI=1S/C13H15N3S/c1-14-13-15-8-12(17-13)10-3-4-11-9(7-10)5-6-16(11)2/h3-4,7-8H,5-6H2,1-2H3,(H,14,15). The predicted molar refractivity (Wildman–Crippen MR) is 74.1 cm³/mol. The monoisotopic (exact) mass is 245 g/mol. The fourth-order valence-corrected chi connectivity index (χ4v) is 3.01. The van der Waals surface area contributed by atoms with E-state index in [9.17, 15) is 0 Å². The molecule has 0 unspecified atom stereocenters. The van der Waals surface area contributed by atoms with Crippen molar-refractivity contribution in [3.8, 4) is 10.4 Å². The van der Waals surface area contributed by atoms with E-state index in [1.807, 2.05) is 13.2 Å². The Hall–Kier alpha value is -1.55. The molecule has 1 aromatic carbocycles. The van der Waals surface area contributed by atoms with E-state index in [-0.39, 0.29) is 0 Å². The van der Waals surface area contributed by atoms with Gasteiger partial charge in [-0.1, -0.05) is 17.4 Å². The zero-order valence-electron chi connectivity index (χ0n) is 10.0. The highest BCUT2D eigenvalue weighted by atomic mass is 32.1. The number of nitrogens with zero attached hydrogens (tertiary/aromatic N) is 2. The highest BCUT2D eigenvalue weighted by Crippen LogP contribution is 2.34. The maximum Gasteiger partial charge on any atom is 0.182 e. The maximum absolute atomic E-state index is 4.32. The number of thiazole rings is 1. The number of hydrogen-bond acceptors (Lipinski definition) is 4. The Morgan fingerprint density at radius 3 is 3.06 bits per heavy atom. The van der Waals surface area contributed by atoms with Gasteiger partial charge in [0, 0.05) is 32.5 Å². The van der Waals surface area contributed by atoms with Crippen molar-refractivity contribution in [2.75, 3.05) is 30.9 Å². The Bertz CT molecular complexity index is 547. The van der Waals surface area contributed by atoms with Gasteiger partial charge < -0.3 is 10.2 Å². The minimum absolute atomic E-state index is 0.970. The summed E-state index contributed by atoms with van der Waals surface area (Å²) in [6.07, 6.45) is 3.09. The molecule has 3 rings (SSSR count). The van der Waals surface area contributed by atoms with Crippen LogP contribution in [-0.4, -0.2) is 25.6 Å². The molecule has 88 valence electrons. The first-order valence-electron chi connectivity index (χ1n) is 5.76. The van der Waals surface area contributed by atoms with E-state index in [4.69, 9.17) is 0 Å². The van der Waals surface area contributed by atoms with Crippen molar-refractivity contribution in [3.05, 3.63) is 30.0 Å². The fraction of sp³-hybridized carbons (Fsp3) is 0.308. The first-order chi connectivity index (χ1) is 8.28. The number of aromatic nitrogens is 1. The van der Waals surface area contributed by atoms with Crippen LogP contribution in [0.15, 0.2) is 24.4 Å². The second kappa shape index (κ2) is 4.04. The van der Waals surface area contributed by atoms with Gasteiger partial charge in [0.2, 0.25) is 0 Å². The number of nitrogens with one attached hydrogen (secondary N) is 1. The van der Waals surface area contributed by atoms with Gasteiger partial charge in [-0.3, -0.25) is 0 Å². The topological polar surface area (TPSA) is 28.2 Å². The molecule has 0 fully saturated rings. The second-order valence-electron chi connectivity index (χ2n) is 4.29. The molecule has 2 aromatic rings. The molecular weight excluding hydrogens is 230 g/mol. The van der Waals surface area contributed by atoms with Crippen molar-refractivity contribution in [1.29, 1.82) is 0 Å². The smallest absolute Gasteiger partial charge is 0.182 e. The van der Waals surface area contributed by atoms with Crippen LogP contribution in [-0.2, 0) is 6.42 Å². The number of likely N-dealkylation sites (N-methyl/N-ethyl adjacent to an activating group) is 1. The molecule has 17 heavy (non-hydrogen) atoms. The van der Waals surface area contributed by atoms with E-state index in [1.54, 1.807) is 11.3 Å². The van der Waals surface area contributed by atoms with Crippen molar-refractivity contribution >= 4 is 22.2 Å². The van der Waals surface area contributed by atoms with Crippen molar-refractivity contribution in [3.63, 3.8) is 0 Å². The van der Waals surface area contributed by atoms with E-state index in [2.05, 4.69) is 40.4 Å². The molecule has 1 aromatic heterocycles. The average Bonchev–Trinajstić information content (AvgIpc) is 2.96. The van der Waals surface area contributed by atoms with Crippen LogP contribution in [0.2, 0.25) is 0 Å². The Morgan fingerprint density at radius 2 is 2.29 bits per heavy atom. The van der Waals surface area contributed by atoms with Gasteiger partial charge in [0.1, 0.15) is 0 Å². The van der Waals surface area contributed by atoms with Crippen LogP contribution in [0.25, 0.3) is 10.4 Å². The SMILES string of the molecule is CNc1ncc(-c2ccc3c(c2)CCN3C)s1. The van der Waals surface area contributed by atoms with Gasteiger partial charge in [0.05, 0.1) is 4.88 Å². The molecule has 0 saturated carbocycles. The van der Waals surface area contributed by atoms with Crippen molar-refractivity contribution in [2.24, 2.45) is 0 Å². The van der Waals surface area contributed by atoms with Gasteiger partial charge in [0.15, 0.2) is 5.13 Å². The Balaban J connectivity index is 1.99. The van der Waals surface area contributed by atoms with Gasteiger partial charge in [-0.05, 0) is 29.7 Å². The summed E-state index contributed by atoms with van der Waals surface area (Å²) >= 11 is 1.70. The Kier molecular flexibility index (Phi) is 2.52. The van der Waals surface area contributed by atoms with Crippen LogP contribution >= 0.6 is 11.3 Å². The summed E-state index contributed by atoms with van der Waals surface area (Å²) in [7, 11) is 4.05. The molecule has 1 N–H and O–H groups in total. The molecule has 0 radical (unpaired) electrons. The number of hydrogen-bond donors (Lipinski definition) is 1. The normalized spacial score (nSPS) is 13.9. The molecule has 0 saturated heterocycles. The number of fused-ring (bicyclic) bond motifs is 1. The summed E-state index contributed by atoms with van der Waals surface area (Å²) in [5.74, 6) is 0. The van der Waals surface area contributed by atoms with Crippen LogP contribution in [0.4, 0.5) is 10.8 Å². The summed E-state index contributed by atoms with van der Waals surface area (Å²) in [5, 5.41) is 4.05. The Labute approximate surface area is 105 Å². The molecule has 2 heterocycles. The molecule has 3 nitrogen and oxygen atoms in total. The van der Waals surface area contributed by atoms with Crippen LogP contribution in [0.1, 0.15) is 5.56 Å². The lowest BCUT2D eigenvalue weighted by molar-refractivity contribution is 0.956. The van der Waals surface area contributed by atoms with E-state index >= 15 is 0 Å². The van der Waals surface area contributed by atoms with Crippen LogP contribution in [0.3, 0.4) is 0 Å². The molecule has 0 spiro atoms. The molecule has 1 aliphatic rings. The molecule has 0 bridgehead atoms. The molecule has 1 aliphatic heterocycles. The third-order valence-electron chi connectivity index (χ3n) is 3.21. The molecule has 4 heteroatoms. The van der Waals surface area contributed by atoms with Crippen LogP contribution in [0, 0.1) is 0 Å². The van der Waals surface area contributed by atoms with E-state index < -0.39 is 0 Å². The average molecular weight is 245 g/mol. The fourth-order valence-electron chi connectivity index (χ4n) is 2.24. The molecular formula is C13H15N3S. The largest absolute Gasteiger partial charge is 0.374 e. The second-order valence-corrected chi connectivity index (χ2v) is 5.33. The molecule has 0 atom stereocenters. The lowest BCUT2D eigenvalue weighted by atomic mass is 10.1. The first-order valence-corrected chi connectivity index (χ1v) is 6.57. The summed E-state index contributed by atoms with van der Waals surface area (Å²) < 4.78 is 0. The first kappa shape index (κ1) is 10.6. The number of anilines is 2. The Morgan fingerprint density at radius 1 is 1.41 bits per heavy atom. The molecule has 0 amide bonds. The number of benzene rings is 1. The van der Waals surface area contributed by atoms with Crippen molar-refractivity contribution in [2.45, 2.75) is 6.42 Å². The van der Waals surface area contributed by atoms with Gasteiger partial charge in [-0.25, -0.2) is 4.98 Å². The van der Waals surface area contributed by atoms with Gasteiger partial charge in [0.25, 0.3) is 0 Å². The van der Waals surface area contributed by atoms with E-state index in [0.29, 0.717) is 0 Å². The van der Waals surface area contributed by atoms with Crippen LogP contribution in [0.5, 0.6) is 0 Å². The van der Waals surface area contributed by atoms with E-state index in [1.165, 1.54) is 21.7 Å². The zero-order chi connectivity index (χ0) is 11.8.